The summed E-state index contributed by atoms with van der Waals surface area (Å²) in [6.07, 6.45) is -1.29. The molecule has 0 saturated carbocycles. The number of rotatable bonds is 2. The predicted molar refractivity (Wildman–Crippen MR) is 49.8 cm³/mol. The van der Waals surface area contributed by atoms with Crippen molar-refractivity contribution in [2.24, 2.45) is 0 Å². The largest absolute Gasteiger partial charge is 0.508 e. The standard InChI is InChI=1S/C10H12O4/c1-6-5-7(3-4-8(6)11)9(12)10(13)14-2/h3-5,9,11-12H,1-2H3. The van der Waals surface area contributed by atoms with E-state index >= 15 is 0 Å². The molecule has 0 heterocycles. The highest BCUT2D eigenvalue weighted by Crippen LogP contribution is 2.21. The van der Waals surface area contributed by atoms with Crippen LogP contribution in [0.4, 0.5) is 0 Å². The van der Waals surface area contributed by atoms with E-state index in [0.29, 0.717) is 11.1 Å². The summed E-state index contributed by atoms with van der Waals surface area (Å²) < 4.78 is 4.39. The van der Waals surface area contributed by atoms with Gasteiger partial charge in [0, 0.05) is 0 Å². The third-order valence-electron chi connectivity index (χ3n) is 1.96. The fourth-order valence-corrected chi connectivity index (χ4v) is 1.10. The Morgan fingerprint density at radius 3 is 2.64 bits per heavy atom. The van der Waals surface area contributed by atoms with Crippen molar-refractivity contribution in [2.45, 2.75) is 13.0 Å². The van der Waals surface area contributed by atoms with Gasteiger partial charge in [-0.15, -0.1) is 0 Å². The van der Waals surface area contributed by atoms with E-state index in [1.165, 1.54) is 25.3 Å². The van der Waals surface area contributed by atoms with Crippen molar-refractivity contribution in [1.82, 2.24) is 0 Å². The van der Waals surface area contributed by atoms with Gasteiger partial charge < -0.3 is 14.9 Å². The number of hydrogen-bond acceptors (Lipinski definition) is 4. The lowest BCUT2D eigenvalue weighted by Crippen LogP contribution is -2.13. The molecule has 14 heavy (non-hydrogen) atoms. The molecule has 0 radical (unpaired) electrons. The van der Waals surface area contributed by atoms with Gasteiger partial charge in [0.15, 0.2) is 6.10 Å². The molecule has 4 heteroatoms. The summed E-state index contributed by atoms with van der Waals surface area (Å²) in [5.41, 5.74) is 1.01. The minimum absolute atomic E-state index is 0.130. The number of phenols is 1. The molecule has 0 spiro atoms. The van der Waals surface area contributed by atoms with Gasteiger partial charge in [-0.2, -0.15) is 0 Å². The summed E-state index contributed by atoms with van der Waals surface area (Å²) >= 11 is 0. The number of ether oxygens (including phenoxy) is 1. The Hall–Kier alpha value is -1.55. The average Bonchev–Trinajstić information content (AvgIpc) is 2.20. The first-order chi connectivity index (χ1) is 6.56. The van der Waals surface area contributed by atoms with Gasteiger partial charge in [-0.3, -0.25) is 0 Å². The van der Waals surface area contributed by atoms with E-state index in [-0.39, 0.29) is 5.75 Å². The van der Waals surface area contributed by atoms with E-state index in [4.69, 9.17) is 0 Å². The van der Waals surface area contributed by atoms with Crippen LogP contribution in [0.15, 0.2) is 18.2 Å². The van der Waals surface area contributed by atoms with Crippen LogP contribution in [-0.4, -0.2) is 23.3 Å². The summed E-state index contributed by atoms with van der Waals surface area (Å²) in [7, 11) is 1.21. The summed E-state index contributed by atoms with van der Waals surface area (Å²) in [5, 5.41) is 18.7. The normalized spacial score (nSPS) is 12.2. The fraction of sp³-hybridized carbons (Fsp3) is 0.300. The smallest absolute Gasteiger partial charge is 0.339 e. The quantitative estimate of drug-likeness (QED) is 0.690. The second-order valence-corrected chi connectivity index (χ2v) is 2.97. The van der Waals surface area contributed by atoms with Crippen molar-refractivity contribution in [3.8, 4) is 5.75 Å². The third-order valence-corrected chi connectivity index (χ3v) is 1.96. The van der Waals surface area contributed by atoms with Crippen molar-refractivity contribution in [3.63, 3.8) is 0 Å². The van der Waals surface area contributed by atoms with Gasteiger partial charge in [-0.05, 0) is 30.2 Å². The second kappa shape index (κ2) is 4.11. The lowest BCUT2D eigenvalue weighted by Gasteiger charge is -2.09. The van der Waals surface area contributed by atoms with E-state index in [0.717, 1.165) is 0 Å². The Bertz CT molecular complexity index is 346. The average molecular weight is 196 g/mol. The van der Waals surface area contributed by atoms with Gasteiger partial charge in [0.1, 0.15) is 5.75 Å². The minimum Gasteiger partial charge on any atom is -0.508 e. The zero-order valence-electron chi connectivity index (χ0n) is 8.02. The lowest BCUT2D eigenvalue weighted by molar-refractivity contribution is -0.150. The molecule has 0 aliphatic heterocycles. The molecule has 0 amide bonds. The molecular formula is C10H12O4. The molecule has 0 bridgehead atoms. The first kappa shape index (κ1) is 10.5. The summed E-state index contributed by atoms with van der Waals surface area (Å²) in [6.45, 7) is 1.68. The van der Waals surface area contributed by atoms with Crippen molar-refractivity contribution in [1.29, 1.82) is 0 Å². The van der Waals surface area contributed by atoms with Crippen LogP contribution in [0.5, 0.6) is 5.75 Å². The number of aryl methyl sites for hydroxylation is 1. The zero-order valence-corrected chi connectivity index (χ0v) is 8.02. The molecule has 0 saturated heterocycles. The first-order valence-electron chi connectivity index (χ1n) is 4.11. The van der Waals surface area contributed by atoms with E-state index in [1.54, 1.807) is 6.92 Å². The highest BCUT2D eigenvalue weighted by Gasteiger charge is 2.18. The Morgan fingerprint density at radius 2 is 2.14 bits per heavy atom. The predicted octanol–water partition coefficient (Wildman–Crippen LogP) is 0.907. The Labute approximate surface area is 81.8 Å². The second-order valence-electron chi connectivity index (χ2n) is 2.97. The molecule has 1 rings (SSSR count). The number of carbonyl (C=O) groups is 1. The number of aliphatic hydroxyl groups is 1. The molecule has 1 unspecified atom stereocenters. The van der Waals surface area contributed by atoms with Crippen LogP contribution in [-0.2, 0) is 9.53 Å². The van der Waals surface area contributed by atoms with Crippen LogP contribution < -0.4 is 0 Å². The number of benzene rings is 1. The summed E-state index contributed by atoms with van der Waals surface area (Å²) in [5.74, 6) is -0.582. The monoisotopic (exact) mass is 196 g/mol. The number of esters is 1. The molecule has 4 nitrogen and oxygen atoms in total. The molecule has 0 fully saturated rings. The fourth-order valence-electron chi connectivity index (χ4n) is 1.10. The number of phenolic OH excluding ortho intramolecular Hbond substituents is 1. The van der Waals surface area contributed by atoms with E-state index in [9.17, 15) is 15.0 Å². The number of hydrogen-bond donors (Lipinski definition) is 2. The number of aliphatic hydroxyl groups excluding tert-OH is 1. The Balaban J connectivity index is 2.96. The van der Waals surface area contributed by atoms with Crippen LogP contribution in [0, 0.1) is 6.92 Å². The van der Waals surface area contributed by atoms with Crippen LogP contribution >= 0.6 is 0 Å². The van der Waals surface area contributed by atoms with Crippen LogP contribution in [0.3, 0.4) is 0 Å². The maximum Gasteiger partial charge on any atom is 0.339 e. The topological polar surface area (TPSA) is 66.8 Å². The highest BCUT2D eigenvalue weighted by atomic mass is 16.5. The Morgan fingerprint density at radius 1 is 1.50 bits per heavy atom. The van der Waals surface area contributed by atoms with Gasteiger partial charge in [0.05, 0.1) is 7.11 Å². The van der Waals surface area contributed by atoms with Gasteiger partial charge in [0.25, 0.3) is 0 Å². The molecule has 2 N–H and O–H groups in total. The molecule has 0 aliphatic rings. The highest BCUT2D eigenvalue weighted by molar-refractivity contribution is 5.76. The third kappa shape index (κ3) is 2.03. The molecule has 0 aliphatic carbocycles. The number of methoxy groups -OCH3 is 1. The van der Waals surface area contributed by atoms with Crippen molar-refractivity contribution >= 4 is 5.97 Å². The number of aromatic hydroxyl groups is 1. The first-order valence-corrected chi connectivity index (χ1v) is 4.11. The molecular weight excluding hydrogens is 184 g/mol. The van der Waals surface area contributed by atoms with Crippen molar-refractivity contribution in [3.05, 3.63) is 29.3 Å². The van der Waals surface area contributed by atoms with E-state index < -0.39 is 12.1 Å². The van der Waals surface area contributed by atoms with Crippen molar-refractivity contribution < 1.29 is 19.7 Å². The van der Waals surface area contributed by atoms with E-state index in [2.05, 4.69) is 4.74 Å². The van der Waals surface area contributed by atoms with Gasteiger partial charge in [0.2, 0.25) is 0 Å². The molecule has 76 valence electrons. The number of carbonyl (C=O) groups excluding carboxylic acids is 1. The Kier molecular flexibility index (Phi) is 3.09. The van der Waals surface area contributed by atoms with Crippen LogP contribution in [0.2, 0.25) is 0 Å². The maximum atomic E-state index is 11.0. The van der Waals surface area contributed by atoms with Crippen LogP contribution in [0.1, 0.15) is 17.2 Å². The van der Waals surface area contributed by atoms with Gasteiger partial charge >= 0.3 is 5.97 Å². The minimum atomic E-state index is -1.29. The van der Waals surface area contributed by atoms with E-state index in [1.807, 2.05) is 0 Å². The molecule has 1 aromatic carbocycles. The maximum absolute atomic E-state index is 11.0. The molecule has 0 aromatic heterocycles. The zero-order chi connectivity index (χ0) is 10.7. The van der Waals surface area contributed by atoms with Crippen LogP contribution in [0.25, 0.3) is 0 Å². The summed E-state index contributed by atoms with van der Waals surface area (Å²) in [4.78, 5) is 11.0. The van der Waals surface area contributed by atoms with Crippen molar-refractivity contribution in [2.75, 3.05) is 7.11 Å². The molecule has 1 aromatic rings. The van der Waals surface area contributed by atoms with Gasteiger partial charge in [-0.1, -0.05) is 6.07 Å². The SMILES string of the molecule is COC(=O)C(O)c1ccc(O)c(C)c1. The summed E-state index contributed by atoms with van der Waals surface area (Å²) in [6, 6.07) is 4.44. The molecule has 1 atom stereocenters. The van der Waals surface area contributed by atoms with Gasteiger partial charge in [-0.25, -0.2) is 4.79 Å². The lowest BCUT2D eigenvalue weighted by atomic mass is 10.1.